The van der Waals surface area contributed by atoms with Gasteiger partial charge >= 0.3 is 5.97 Å². The summed E-state index contributed by atoms with van der Waals surface area (Å²) in [4.78, 5) is 11.4. The molecule has 0 aliphatic carbocycles. The van der Waals surface area contributed by atoms with Gasteiger partial charge in [-0.05, 0) is 36.6 Å². The zero-order chi connectivity index (χ0) is 12.8. The van der Waals surface area contributed by atoms with Crippen molar-refractivity contribution < 1.29 is 9.53 Å². The summed E-state index contributed by atoms with van der Waals surface area (Å²) in [5, 5.41) is 9.06. The molecule has 1 rings (SSSR count). The number of carbonyl (C=O) groups is 1. The fourth-order valence-corrected chi connectivity index (χ4v) is 1.81. The molecule has 1 aromatic carbocycles. The molecule has 90 valence electrons. The second-order valence-corrected chi connectivity index (χ2v) is 3.93. The number of rotatable bonds is 4. The molecule has 1 aromatic rings. The van der Waals surface area contributed by atoms with Crippen molar-refractivity contribution in [3.63, 3.8) is 0 Å². The topological polar surface area (TPSA) is 50.1 Å². The van der Waals surface area contributed by atoms with Crippen LogP contribution in [0.2, 0.25) is 0 Å². The highest BCUT2D eigenvalue weighted by Gasteiger charge is 2.12. The Balaban J connectivity index is 3.07. The molecule has 0 aliphatic rings. The van der Waals surface area contributed by atoms with Crippen LogP contribution in [0.4, 0.5) is 0 Å². The van der Waals surface area contributed by atoms with E-state index in [1.807, 2.05) is 13.0 Å². The molecule has 0 unspecified atom stereocenters. The number of halogens is 1. The maximum absolute atomic E-state index is 11.4. The highest BCUT2D eigenvalue weighted by molar-refractivity contribution is 6.17. The van der Waals surface area contributed by atoms with E-state index in [0.717, 1.165) is 16.7 Å². The SMILES string of the molecule is CCOC(=O)Cc1c(C)cc(CCl)cc1C#N. The minimum absolute atomic E-state index is 0.130. The van der Waals surface area contributed by atoms with E-state index in [1.54, 1.807) is 13.0 Å². The summed E-state index contributed by atoms with van der Waals surface area (Å²) in [6.07, 6.45) is 0.130. The van der Waals surface area contributed by atoms with Gasteiger partial charge in [0.25, 0.3) is 0 Å². The van der Waals surface area contributed by atoms with Crippen LogP contribution in [-0.2, 0) is 21.8 Å². The van der Waals surface area contributed by atoms with Crippen LogP contribution in [0.15, 0.2) is 12.1 Å². The maximum atomic E-state index is 11.4. The second-order valence-electron chi connectivity index (χ2n) is 3.67. The van der Waals surface area contributed by atoms with Crippen molar-refractivity contribution in [2.24, 2.45) is 0 Å². The number of nitrogens with zero attached hydrogens (tertiary/aromatic N) is 1. The summed E-state index contributed by atoms with van der Waals surface area (Å²) in [5.74, 6) is 0.0422. The molecule has 0 fully saturated rings. The Kier molecular flexibility index (Phi) is 4.99. The average Bonchev–Trinajstić information content (AvgIpc) is 2.31. The fourth-order valence-electron chi connectivity index (χ4n) is 1.66. The summed E-state index contributed by atoms with van der Waals surface area (Å²) < 4.78 is 4.88. The van der Waals surface area contributed by atoms with Crippen LogP contribution in [0.25, 0.3) is 0 Å². The molecule has 17 heavy (non-hydrogen) atoms. The lowest BCUT2D eigenvalue weighted by Gasteiger charge is -2.09. The van der Waals surface area contributed by atoms with Crippen molar-refractivity contribution in [3.8, 4) is 6.07 Å². The zero-order valence-electron chi connectivity index (χ0n) is 9.92. The van der Waals surface area contributed by atoms with Crippen molar-refractivity contribution in [1.82, 2.24) is 0 Å². The Bertz CT molecular complexity index is 463. The van der Waals surface area contributed by atoms with Gasteiger partial charge < -0.3 is 4.74 Å². The number of hydrogen-bond acceptors (Lipinski definition) is 3. The summed E-state index contributed by atoms with van der Waals surface area (Å²) in [6, 6.07) is 5.70. The van der Waals surface area contributed by atoms with Crippen LogP contribution in [0, 0.1) is 18.3 Å². The lowest BCUT2D eigenvalue weighted by molar-refractivity contribution is -0.142. The van der Waals surface area contributed by atoms with E-state index in [9.17, 15) is 4.79 Å². The van der Waals surface area contributed by atoms with Crippen molar-refractivity contribution in [1.29, 1.82) is 5.26 Å². The first-order chi connectivity index (χ1) is 8.12. The molecule has 0 atom stereocenters. The molecule has 0 aliphatic heterocycles. The van der Waals surface area contributed by atoms with E-state index in [2.05, 4.69) is 6.07 Å². The van der Waals surface area contributed by atoms with Gasteiger partial charge in [-0.25, -0.2) is 0 Å². The smallest absolute Gasteiger partial charge is 0.310 e. The Hall–Kier alpha value is -1.53. The highest BCUT2D eigenvalue weighted by atomic mass is 35.5. The summed E-state index contributed by atoms with van der Waals surface area (Å²) >= 11 is 5.73. The summed E-state index contributed by atoms with van der Waals surface area (Å²) in [7, 11) is 0. The molecule has 0 amide bonds. The lowest BCUT2D eigenvalue weighted by Crippen LogP contribution is -2.10. The number of nitriles is 1. The van der Waals surface area contributed by atoms with Gasteiger partial charge in [0, 0.05) is 5.88 Å². The molecular formula is C13H14ClNO2. The van der Waals surface area contributed by atoms with Gasteiger partial charge in [0.2, 0.25) is 0 Å². The summed E-state index contributed by atoms with van der Waals surface area (Å²) in [6.45, 7) is 3.97. The van der Waals surface area contributed by atoms with E-state index >= 15 is 0 Å². The third-order valence-electron chi connectivity index (χ3n) is 2.43. The number of ether oxygens (including phenoxy) is 1. The first-order valence-electron chi connectivity index (χ1n) is 5.36. The molecule has 0 radical (unpaired) electrons. The molecule has 0 aromatic heterocycles. The first kappa shape index (κ1) is 13.5. The number of carbonyl (C=O) groups excluding carboxylic acids is 1. The quantitative estimate of drug-likeness (QED) is 0.611. The van der Waals surface area contributed by atoms with Gasteiger partial charge in [0.05, 0.1) is 24.7 Å². The van der Waals surface area contributed by atoms with Crippen LogP contribution in [0.1, 0.15) is 29.2 Å². The molecule has 0 heterocycles. The molecule has 0 saturated heterocycles. The molecule has 0 saturated carbocycles. The van der Waals surface area contributed by atoms with E-state index in [4.69, 9.17) is 21.6 Å². The predicted octanol–water partition coefficient (Wildman–Crippen LogP) is 2.71. The Morgan fingerprint density at radius 1 is 1.53 bits per heavy atom. The zero-order valence-corrected chi connectivity index (χ0v) is 10.7. The summed E-state index contributed by atoms with van der Waals surface area (Å²) in [5.41, 5.74) is 2.99. The van der Waals surface area contributed by atoms with Gasteiger partial charge in [-0.1, -0.05) is 6.07 Å². The molecule has 0 N–H and O–H groups in total. The van der Waals surface area contributed by atoms with Gasteiger partial charge in [0.15, 0.2) is 0 Å². The van der Waals surface area contributed by atoms with Crippen LogP contribution in [0.5, 0.6) is 0 Å². The van der Waals surface area contributed by atoms with E-state index in [1.165, 1.54) is 0 Å². The number of aryl methyl sites for hydroxylation is 1. The minimum atomic E-state index is -0.314. The van der Waals surface area contributed by atoms with Gasteiger partial charge in [-0.3, -0.25) is 4.79 Å². The highest BCUT2D eigenvalue weighted by Crippen LogP contribution is 2.19. The first-order valence-corrected chi connectivity index (χ1v) is 5.89. The maximum Gasteiger partial charge on any atom is 0.310 e. The molecule has 4 heteroatoms. The Morgan fingerprint density at radius 2 is 2.24 bits per heavy atom. The monoisotopic (exact) mass is 251 g/mol. The fraction of sp³-hybridized carbons (Fsp3) is 0.385. The van der Waals surface area contributed by atoms with Crippen LogP contribution in [0.3, 0.4) is 0 Å². The van der Waals surface area contributed by atoms with Crippen molar-refractivity contribution in [3.05, 3.63) is 34.4 Å². The Labute approximate surface area is 106 Å². The lowest BCUT2D eigenvalue weighted by atomic mass is 9.97. The van der Waals surface area contributed by atoms with Crippen molar-refractivity contribution in [2.75, 3.05) is 6.61 Å². The Morgan fingerprint density at radius 3 is 2.76 bits per heavy atom. The number of alkyl halides is 1. The third kappa shape index (κ3) is 3.47. The van der Waals surface area contributed by atoms with Crippen LogP contribution >= 0.6 is 11.6 Å². The third-order valence-corrected chi connectivity index (χ3v) is 2.74. The molecule has 3 nitrogen and oxygen atoms in total. The molecular weight excluding hydrogens is 238 g/mol. The number of hydrogen-bond donors (Lipinski definition) is 0. The predicted molar refractivity (Wildman–Crippen MR) is 65.8 cm³/mol. The minimum Gasteiger partial charge on any atom is -0.466 e. The van der Waals surface area contributed by atoms with E-state index in [-0.39, 0.29) is 12.4 Å². The molecule has 0 bridgehead atoms. The van der Waals surface area contributed by atoms with Crippen molar-refractivity contribution in [2.45, 2.75) is 26.1 Å². The van der Waals surface area contributed by atoms with Crippen LogP contribution < -0.4 is 0 Å². The van der Waals surface area contributed by atoms with Gasteiger partial charge in [-0.2, -0.15) is 5.26 Å². The molecule has 0 spiro atoms. The average molecular weight is 252 g/mol. The number of benzene rings is 1. The number of esters is 1. The van der Waals surface area contributed by atoms with E-state index in [0.29, 0.717) is 18.1 Å². The van der Waals surface area contributed by atoms with Crippen molar-refractivity contribution >= 4 is 17.6 Å². The van der Waals surface area contributed by atoms with Crippen LogP contribution in [-0.4, -0.2) is 12.6 Å². The standard InChI is InChI=1S/C13H14ClNO2/c1-3-17-13(16)6-12-9(2)4-10(7-14)5-11(12)8-15/h4-5H,3,6-7H2,1-2H3. The second kappa shape index (κ2) is 6.27. The normalized spacial score (nSPS) is 9.76. The van der Waals surface area contributed by atoms with Gasteiger partial charge in [0.1, 0.15) is 0 Å². The van der Waals surface area contributed by atoms with Gasteiger partial charge in [-0.15, -0.1) is 11.6 Å². The van der Waals surface area contributed by atoms with E-state index < -0.39 is 0 Å². The largest absolute Gasteiger partial charge is 0.466 e.